The molecule has 0 bridgehead atoms. The van der Waals surface area contributed by atoms with Gasteiger partial charge in [0, 0.05) is 8.41 Å². The zero-order valence-electron chi connectivity index (χ0n) is 4.24. The molecule has 4 nitrogen and oxygen atoms in total. The van der Waals surface area contributed by atoms with E-state index in [9.17, 15) is 4.79 Å². The van der Waals surface area contributed by atoms with Gasteiger partial charge in [0.15, 0.2) is 0 Å². The van der Waals surface area contributed by atoms with Crippen LogP contribution in [0.25, 0.3) is 0 Å². The van der Waals surface area contributed by atoms with E-state index in [1.54, 1.807) is 0 Å². The quantitative estimate of drug-likeness (QED) is 0.364. The van der Waals surface area contributed by atoms with E-state index >= 15 is 0 Å². The van der Waals surface area contributed by atoms with Crippen LogP contribution < -0.4 is 5.73 Å². The Labute approximate surface area is 48.9 Å². The van der Waals surface area contributed by atoms with Crippen molar-refractivity contribution < 1.29 is 15.0 Å². The Balaban J connectivity index is 0. The average Bonchev–Trinajstić information content (AvgIpc) is 1.65. The van der Waals surface area contributed by atoms with Gasteiger partial charge in [-0.05, 0) is 0 Å². The molecule has 0 saturated heterocycles. The van der Waals surface area contributed by atoms with Crippen LogP contribution in [-0.2, 0) is 4.79 Å². The summed E-state index contributed by atoms with van der Waals surface area (Å²) in [6.07, 6.45) is 0. The smallest absolute Gasteiger partial charge is 0.322 e. The third-order valence-corrected chi connectivity index (χ3v) is 0.514. The highest BCUT2D eigenvalue weighted by molar-refractivity contribution is 5.75. The third-order valence-electron chi connectivity index (χ3n) is 0.514. The molecule has 0 aromatic carbocycles. The van der Waals surface area contributed by atoms with E-state index in [0.717, 1.165) is 0 Å². The molecule has 0 spiro atoms. The summed E-state index contributed by atoms with van der Waals surface area (Å²) in [7, 11) is 0. The van der Waals surface area contributed by atoms with Gasteiger partial charge in [-0.3, -0.25) is 4.79 Å². The number of nitrogens with two attached hydrogens (primary N) is 1. The Bertz CT molecular complexity index is 76.9. The summed E-state index contributed by atoms with van der Waals surface area (Å²) in [5.74, 6) is -1.18. The first-order valence-corrected chi connectivity index (χ1v) is 1.77. The number of aliphatic hydroxyl groups is 1. The van der Waals surface area contributed by atoms with Crippen molar-refractivity contribution in [2.75, 3.05) is 6.61 Å². The second-order valence-electron chi connectivity index (χ2n) is 1.13. The maximum absolute atomic E-state index is 9.65. The third kappa shape index (κ3) is 3.64. The molecule has 0 aliphatic carbocycles. The van der Waals surface area contributed by atoms with E-state index in [0.29, 0.717) is 0 Å². The normalized spacial score (nSPS) is 11.8. The molecular weight excluding hydrogens is 109 g/mol. The molecule has 0 saturated carbocycles. The lowest BCUT2D eigenvalue weighted by atomic mass is 10.3. The van der Waals surface area contributed by atoms with Crippen molar-refractivity contribution in [1.82, 2.24) is 0 Å². The lowest BCUT2D eigenvalue weighted by molar-refractivity contribution is -0.139. The van der Waals surface area contributed by atoms with Gasteiger partial charge in [-0.2, -0.15) is 0 Å². The van der Waals surface area contributed by atoms with Crippen LogP contribution in [0.4, 0.5) is 0 Å². The Morgan fingerprint density at radius 1 is 1.75 bits per heavy atom. The van der Waals surface area contributed by atoms with Crippen molar-refractivity contribution in [2.45, 2.75) is 6.04 Å². The van der Waals surface area contributed by atoms with E-state index in [-0.39, 0.29) is 8.41 Å². The molecule has 0 heterocycles. The van der Waals surface area contributed by atoms with Crippen molar-refractivity contribution in [3.05, 3.63) is 0 Å². The summed E-state index contributed by atoms with van der Waals surface area (Å²) in [6, 6.07) is -1.13. The van der Waals surface area contributed by atoms with Crippen LogP contribution in [-0.4, -0.2) is 37.2 Å². The molecule has 4 N–H and O–H groups in total. The SMILES string of the molecule is NC(CO)C(=O)O.[B]. The lowest BCUT2D eigenvalue weighted by Crippen LogP contribution is -2.33. The molecule has 1 unspecified atom stereocenters. The number of rotatable bonds is 2. The fourth-order valence-corrected chi connectivity index (χ4v) is 0.0781. The molecule has 0 fully saturated rings. The van der Waals surface area contributed by atoms with Crippen molar-refractivity contribution in [1.29, 1.82) is 0 Å². The summed E-state index contributed by atoms with van der Waals surface area (Å²) >= 11 is 0. The topological polar surface area (TPSA) is 83.5 Å². The number of carboxylic acids is 1. The minimum absolute atomic E-state index is 0. The largest absolute Gasteiger partial charge is 0.480 e. The maximum atomic E-state index is 9.65. The summed E-state index contributed by atoms with van der Waals surface area (Å²) in [4.78, 5) is 9.65. The van der Waals surface area contributed by atoms with Crippen molar-refractivity contribution >= 4 is 14.4 Å². The fourth-order valence-electron chi connectivity index (χ4n) is 0.0781. The Morgan fingerprint density at radius 3 is 2.12 bits per heavy atom. The molecule has 0 aliphatic rings. The highest BCUT2D eigenvalue weighted by Gasteiger charge is 2.06. The number of aliphatic carboxylic acids is 1. The van der Waals surface area contributed by atoms with Crippen LogP contribution in [0.2, 0.25) is 0 Å². The molecular formula is C3H7BNO3. The summed E-state index contributed by atoms with van der Waals surface area (Å²) < 4.78 is 0. The van der Waals surface area contributed by atoms with Crippen LogP contribution in [0, 0.1) is 0 Å². The number of carbonyl (C=O) groups is 1. The number of carboxylic acid groups (broad SMARTS) is 1. The standard InChI is InChI=1S/C3H7NO3.B/c4-2(1-5)3(6)7;/h2,5H,1,4H2,(H,6,7);. The van der Waals surface area contributed by atoms with E-state index in [4.69, 9.17) is 15.9 Å². The molecule has 0 aromatic rings. The number of hydrogen-bond acceptors (Lipinski definition) is 3. The highest BCUT2D eigenvalue weighted by atomic mass is 16.4. The van der Waals surface area contributed by atoms with Gasteiger partial charge in [0.1, 0.15) is 6.04 Å². The van der Waals surface area contributed by atoms with Crippen LogP contribution in [0.15, 0.2) is 0 Å². The van der Waals surface area contributed by atoms with E-state index in [2.05, 4.69) is 0 Å². The molecule has 1 atom stereocenters. The summed E-state index contributed by atoms with van der Waals surface area (Å²) in [5.41, 5.74) is 4.77. The Kier molecular flexibility index (Phi) is 6.02. The first-order chi connectivity index (χ1) is 3.18. The molecule has 0 amide bonds. The van der Waals surface area contributed by atoms with Gasteiger partial charge >= 0.3 is 5.97 Å². The molecule has 45 valence electrons. The van der Waals surface area contributed by atoms with E-state index < -0.39 is 18.6 Å². The maximum Gasteiger partial charge on any atom is 0.322 e. The number of aliphatic hydroxyl groups excluding tert-OH is 1. The molecule has 0 rings (SSSR count). The minimum Gasteiger partial charge on any atom is -0.480 e. The van der Waals surface area contributed by atoms with E-state index in [1.807, 2.05) is 0 Å². The molecule has 0 aromatic heterocycles. The van der Waals surface area contributed by atoms with Crippen molar-refractivity contribution in [2.24, 2.45) is 5.73 Å². The molecule has 3 radical (unpaired) electrons. The van der Waals surface area contributed by atoms with Crippen LogP contribution >= 0.6 is 0 Å². The predicted molar refractivity (Wildman–Crippen MR) is 28.5 cm³/mol. The van der Waals surface area contributed by atoms with Crippen molar-refractivity contribution in [3.63, 3.8) is 0 Å². The lowest BCUT2D eigenvalue weighted by Gasteiger charge is -1.96. The Morgan fingerprint density at radius 2 is 2.12 bits per heavy atom. The second-order valence-corrected chi connectivity index (χ2v) is 1.13. The van der Waals surface area contributed by atoms with Gasteiger partial charge < -0.3 is 15.9 Å². The molecule has 8 heavy (non-hydrogen) atoms. The summed E-state index contributed by atoms with van der Waals surface area (Å²) in [5, 5.41) is 15.9. The van der Waals surface area contributed by atoms with Gasteiger partial charge in [0.05, 0.1) is 6.61 Å². The minimum atomic E-state index is -1.18. The zero-order valence-corrected chi connectivity index (χ0v) is 4.24. The van der Waals surface area contributed by atoms with Gasteiger partial charge in [-0.1, -0.05) is 0 Å². The van der Waals surface area contributed by atoms with Crippen LogP contribution in [0.3, 0.4) is 0 Å². The second kappa shape index (κ2) is 4.61. The first kappa shape index (κ1) is 10.4. The van der Waals surface area contributed by atoms with Crippen molar-refractivity contribution in [3.8, 4) is 0 Å². The average molecular weight is 116 g/mol. The zero-order chi connectivity index (χ0) is 5.86. The highest BCUT2D eigenvalue weighted by Crippen LogP contribution is 1.71. The monoisotopic (exact) mass is 116 g/mol. The Hall–Kier alpha value is -0.545. The number of hydrogen-bond donors (Lipinski definition) is 3. The van der Waals surface area contributed by atoms with Crippen LogP contribution in [0.1, 0.15) is 0 Å². The van der Waals surface area contributed by atoms with Gasteiger partial charge in [0.25, 0.3) is 0 Å². The first-order valence-electron chi connectivity index (χ1n) is 1.77. The van der Waals surface area contributed by atoms with Gasteiger partial charge in [-0.25, -0.2) is 0 Å². The fraction of sp³-hybridized carbons (Fsp3) is 0.667. The van der Waals surface area contributed by atoms with Gasteiger partial charge in [-0.15, -0.1) is 0 Å². The molecule has 5 heteroatoms. The van der Waals surface area contributed by atoms with Gasteiger partial charge in [0.2, 0.25) is 0 Å². The molecule has 0 aliphatic heterocycles. The summed E-state index contributed by atoms with van der Waals surface area (Å²) in [6.45, 7) is -0.505. The predicted octanol–water partition coefficient (Wildman–Crippen LogP) is -1.99. The van der Waals surface area contributed by atoms with Crippen LogP contribution in [0.5, 0.6) is 0 Å². The van der Waals surface area contributed by atoms with E-state index in [1.165, 1.54) is 0 Å².